The van der Waals surface area contributed by atoms with Crippen molar-refractivity contribution in [1.82, 2.24) is 14.2 Å². The average molecular weight is 570 g/mol. The van der Waals surface area contributed by atoms with Gasteiger partial charge >= 0.3 is 5.69 Å². The van der Waals surface area contributed by atoms with Gasteiger partial charge in [-0.05, 0) is 80.3 Å². The van der Waals surface area contributed by atoms with Crippen molar-refractivity contribution in [3.8, 4) is 0 Å². The van der Waals surface area contributed by atoms with E-state index in [0.717, 1.165) is 40.2 Å². The first-order chi connectivity index (χ1) is 19.6. The Labute approximate surface area is 246 Å². The zero-order chi connectivity index (χ0) is 29.3. The molecule has 7 heteroatoms. The van der Waals surface area contributed by atoms with Crippen LogP contribution in [0.5, 0.6) is 0 Å². The first-order valence-corrected chi connectivity index (χ1v) is 15.0. The third-order valence-corrected chi connectivity index (χ3v) is 9.17. The molecule has 0 spiro atoms. The number of carbonyl (C=O) groups is 1. The fraction of sp³-hybridized carbons (Fsp3) is 0.353. The van der Waals surface area contributed by atoms with Crippen LogP contribution in [-0.2, 0) is 29.1 Å². The van der Waals surface area contributed by atoms with Crippen LogP contribution >= 0.6 is 11.3 Å². The highest BCUT2D eigenvalue weighted by atomic mass is 32.1. The second kappa shape index (κ2) is 11.7. The molecule has 0 N–H and O–H groups in total. The fourth-order valence-electron chi connectivity index (χ4n) is 5.93. The normalized spacial score (nSPS) is 17.7. The van der Waals surface area contributed by atoms with Gasteiger partial charge in [0.15, 0.2) is 0 Å². The molecule has 1 atom stereocenters. The van der Waals surface area contributed by atoms with Crippen LogP contribution in [0.25, 0.3) is 17.7 Å². The van der Waals surface area contributed by atoms with Crippen molar-refractivity contribution in [2.24, 2.45) is 5.41 Å². The third-order valence-electron chi connectivity index (χ3n) is 8.31. The standard InChI is InChI=1S/C34H39N3O3S/c1-23(2)11-9-12-24(3)16-17-36-30-20-29(32(38)35(5)40-6)34(4)21-25-13-7-8-15-27(25)28(34)19-31(30)37(33(36)39)22-26-14-10-18-41-26/h7-8,10-11,13-16,18-20H,9,12,17,21-22H2,1-6H3/b24-16+/t34-/m0/s1. The lowest BCUT2D eigenvalue weighted by Gasteiger charge is -2.30. The van der Waals surface area contributed by atoms with Gasteiger partial charge in [0.25, 0.3) is 5.91 Å². The number of thiophene rings is 1. The van der Waals surface area contributed by atoms with Gasteiger partial charge in [-0.2, -0.15) is 0 Å². The molecule has 2 aliphatic rings. The average Bonchev–Trinajstić information content (AvgIpc) is 3.60. The molecule has 6 nitrogen and oxygen atoms in total. The summed E-state index contributed by atoms with van der Waals surface area (Å²) in [7, 11) is 3.14. The van der Waals surface area contributed by atoms with E-state index in [1.807, 2.05) is 38.8 Å². The number of hydrogen-bond donors (Lipinski definition) is 0. The number of hydrogen-bond acceptors (Lipinski definition) is 4. The molecular formula is C34H39N3O3S. The summed E-state index contributed by atoms with van der Waals surface area (Å²) in [5, 5.41) is 3.32. The number of fused-ring (bicyclic) bond motifs is 4. The van der Waals surface area contributed by atoms with Gasteiger partial charge in [-0.25, -0.2) is 9.86 Å². The molecule has 0 saturated heterocycles. The largest absolute Gasteiger partial charge is 0.329 e. The molecule has 1 amide bonds. The van der Waals surface area contributed by atoms with Crippen molar-refractivity contribution >= 4 is 35.0 Å². The second-order valence-corrected chi connectivity index (χ2v) is 12.5. The van der Waals surface area contributed by atoms with Crippen LogP contribution < -0.4 is 5.69 Å². The molecule has 0 bridgehead atoms. The van der Waals surface area contributed by atoms with E-state index >= 15 is 0 Å². The Bertz CT molecular complexity index is 1640. The molecule has 2 heterocycles. The topological polar surface area (TPSA) is 56.5 Å². The lowest BCUT2D eigenvalue weighted by Crippen LogP contribution is -2.34. The maximum atomic E-state index is 14.1. The van der Waals surface area contributed by atoms with E-state index in [0.29, 0.717) is 25.1 Å². The number of allylic oxidation sites excluding steroid dienone is 5. The predicted octanol–water partition coefficient (Wildman–Crippen LogP) is 6.97. The number of aromatic nitrogens is 2. The number of rotatable bonds is 9. The minimum absolute atomic E-state index is 0.0772. The minimum atomic E-state index is -0.572. The van der Waals surface area contributed by atoms with Gasteiger partial charge in [-0.3, -0.25) is 18.8 Å². The monoisotopic (exact) mass is 569 g/mol. The second-order valence-electron chi connectivity index (χ2n) is 11.5. The van der Waals surface area contributed by atoms with Gasteiger partial charge in [0.2, 0.25) is 0 Å². The van der Waals surface area contributed by atoms with E-state index in [2.05, 4.69) is 64.1 Å². The third kappa shape index (κ3) is 5.48. The van der Waals surface area contributed by atoms with Crippen LogP contribution in [0.1, 0.15) is 67.9 Å². The number of likely N-dealkylation sites (N-methyl/N-ethyl adjacent to an activating group) is 1. The molecule has 3 aromatic rings. The van der Waals surface area contributed by atoms with E-state index < -0.39 is 5.41 Å². The fourth-order valence-corrected chi connectivity index (χ4v) is 6.62. The van der Waals surface area contributed by atoms with Gasteiger partial charge in [-0.1, -0.05) is 60.6 Å². The SMILES string of the molecule is CON(C)C(=O)C1=Cc2c(n(Cc3cccs3)c(=O)n2C/C=C(\C)CCC=C(C)C)C=C2c3ccccc3C[C@]12C. The maximum Gasteiger partial charge on any atom is 0.329 e. The summed E-state index contributed by atoms with van der Waals surface area (Å²) in [6.45, 7) is 9.39. The lowest BCUT2D eigenvalue weighted by atomic mass is 9.75. The molecule has 0 unspecified atom stereocenters. The summed E-state index contributed by atoms with van der Waals surface area (Å²) in [6, 6.07) is 12.4. The van der Waals surface area contributed by atoms with Crippen LogP contribution in [0.3, 0.4) is 0 Å². The van der Waals surface area contributed by atoms with E-state index in [-0.39, 0.29) is 11.6 Å². The molecule has 1 aromatic carbocycles. The van der Waals surface area contributed by atoms with Crippen molar-refractivity contribution in [1.29, 1.82) is 0 Å². The van der Waals surface area contributed by atoms with Gasteiger partial charge in [-0.15, -0.1) is 11.3 Å². The summed E-state index contributed by atoms with van der Waals surface area (Å²) in [5.41, 5.74) is 7.48. The van der Waals surface area contributed by atoms with Crippen LogP contribution in [0, 0.1) is 5.41 Å². The number of hydroxylamine groups is 2. The minimum Gasteiger partial charge on any atom is -0.288 e. The molecule has 2 aliphatic carbocycles. The molecule has 0 fully saturated rings. The highest BCUT2D eigenvalue weighted by Gasteiger charge is 2.46. The maximum absolute atomic E-state index is 14.1. The van der Waals surface area contributed by atoms with E-state index in [9.17, 15) is 9.59 Å². The highest BCUT2D eigenvalue weighted by molar-refractivity contribution is 7.09. The summed E-state index contributed by atoms with van der Waals surface area (Å²) in [6.07, 6.45) is 11.1. The van der Waals surface area contributed by atoms with Crippen molar-refractivity contribution in [3.63, 3.8) is 0 Å². The Morgan fingerprint density at radius 2 is 1.83 bits per heavy atom. The first kappa shape index (κ1) is 28.8. The number of imidazole rings is 1. The number of nitrogens with zero attached hydrogens (tertiary/aromatic N) is 3. The Hall–Kier alpha value is -3.68. The van der Waals surface area contributed by atoms with Crippen LogP contribution in [-0.4, -0.2) is 34.3 Å². The van der Waals surface area contributed by atoms with Crippen LogP contribution in [0.15, 0.2) is 75.4 Å². The van der Waals surface area contributed by atoms with E-state index in [4.69, 9.17) is 4.84 Å². The quantitative estimate of drug-likeness (QED) is 0.207. The smallest absolute Gasteiger partial charge is 0.288 e. The van der Waals surface area contributed by atoms with Crippen LogP contribution in [0.2, 0.25) is 0 Å². The zero-order valence-corrected chi connectivity index (χ0v) is 25.7. The van der Waals surface area contributed by atoms with Crippen molar-refractivity contribution < 1.29 is 9.63 Å². The van der Waals surface area contributed by atoms with Gasteiger partial charge < -0.3 is 0 Å². The van der Waals surface area contributed by atoms with Crippen molar-refractivity contribution in [2.75, 3.05) is 14.2 Å². The summed E-state index contributed by atoms with van der Waals surface area (Å²) in [5.74, 6) is -0.208. The number of benzene rings is 1. The van der Waals surface area contributed by atoms with Gasteiger partial charge in [0.1, 0.15) is 0 Å². The molecule has 2 aromatic heterocycles. The molecule has 214 valence electrons. The first-order valence-electron chi connectivity index (χ1n) is 14.1. The zero-order valence-electron chi connectivity index (χ0n) is 24.9. The molecular weight excluding hydrogens is 530 g/mol. The summed E-state index contributed by atoms with van der Waals surface area (Å²) < 4.78 is 3.69. The van der Waals surface area contributed by atoms with E-state index in [1.165, 1.54) is 28.9 Å². The van der Waals surface area contributed by atoms with Crippen molar-refractivity contribution in [2.45, 2.75) is 60.0 Å². The Morgan fingerprint density at radius 1 is 1.07 bits per heavy atom. The predicted molar refractivity (Wildman–Crippen MR) is 168 cm³/mol. The van der Waals surface area contributed by atoms with Gasteiger partial charge in [0, 0.05) is 29.5 Å². The van der Waals surface area contributed by atoms with Crippen molar-refractivity contribution in [3.05, 3.63) is 109 Å². The van der Waals surface area contributed by atoms with E-state index in [1.54, 1.807) is 18.4 Å². The molecule has 0 saturated carbocycles. The Balaban J connectivity index is 1.72. The summed E-state index contributed by atoms with van der Waals surface area (Å²) in [4.78, 5) is 34.5. The highest BCUT2D eigenvalue weighted by Crippen LogP contribution is 2.54. The Morgan fingerprint density at radius 3 is 2.54 bits per heavy atom. The lowest BCUT2D eigenvalue weighted by molar-refractivity contribution is -0.164. The number of carbonyl (C=O) groups excluding carboxylic acids is 1. The number of amides is 1. The molecule has 0 radical (unpaired) electrons. The van der Waals surface area contributed by atoms with Crippen LogP contribution in [0.4, 0.5) is 0 Å². The Kier molecular flexibility index (Phi) is 8.20. The molecule has 0 aliphatic heterocycles. The van der Waals surface area contributed by atoms with Gasteiger partial charge in [0.05, 0.1) is 25.0 Å². The molecule has 41 heavy (non-hydrogen) atoms. The summed E-state index contributed by atoms with van der Waals surface area (Å²) >= 11 is 1.64. The molecule has 5 rings (SSSR count).